The highest BCUT2D eigenvalue weighted by molar-refractivity contribution is 5.94. The van der Waals surface area contributed by atoms with Crippen molar-refractivity contribution < 1.29 is 9.53 Å². The topological polar surface area (TPSA) is 32.8 Å². The average molecular weight is 421 g/mol. The zero-order valence-corrected chi connectivity index (χ0v) is 19.3. The second-order valence-corrected chi connectivity index (χ2v) is 9.16. The molecule has 2 aliphatic carbocycles. The molecule has 4 rings (SSSR count). The van der Waals surface area contributed by atoms with Gasteiger partial charge in [0, 0.05) is 25.2 Å². The third-order valence-electron chi connectivity index (χ3n) is 6.93. The summed E-state index contributed by atoms with van der Waals surface area (Å²) in [5.41, 5.74) is 4.98. The van der Waals surface area contributed by atoms with Crippen LogP contribution in [-0.2, 0) is 19.4 Å². The first-order valence-corrected chi connectivity index (χ1v) is 11.9. The molecule has 0 unspecified atom stereocenters. The van der Waals surface area contributed by atoms with E-state index in [4.69, 9.17) is 4.74 Å². The molecule has 2 aliphatic rings. The number of aryl methyl sites for hydroxylation is 1. The number of carbonyl (C=O) groups is 1. The first kappa shape index (κ1) is 21.9. The summed E-state index contributed by atoms with van der Waals surface area (Å²) in [5.74, 6) is 1.69. The zero-order valence-electron chi connectivity index (χ0n) is 19.3. The molecular weight excluding hydrogens is 384 g/mol. The van der Waals surface area contributed by atoms with Crippen molar-refractivity contribution in [3.05, 3.63) is 64.7 Å². The second kappa shape index (κ2) is 9.86. The Morgan fingerprint density at radius 2 is 1.74 bits per heavy atom. The lowest BCUT2D eigenvalue weighted by Gasteiger charge is -2.33. The van der Waals surface area contributed by atoms with Crippen molar-refractivity contribution in [1.29, 1.82) is 0 Å². The maximum Gasteiger partial charge on any atom is 0.253 e. The Morgan fingerprint density at radius 3 is 2.42 bits per heavy atom. The van der Waals surface area contributed by atoms with Crippen LogP contribution in [0.2, 0.25) is 0 Å². The second-order valence-electron chi connectivity index (χ2n) is 9.16. The molecule has 166 valence electrons. The van der Waals surface area contributed by atoms with Gasteiger partial charge in [-0.1, -0.05) is 32.0 Å². The quantitative estimate of drug-likeness (QED) is 0.576. The SMILES string of the molecule is CCN(CC)Cc1ccc2c(c1)CC[C@H](N(C)C(=O)c1ccc(OCC3CC3)cc1)C2. The van der Waals surface area contributed by atoms with Crippen molar-refractivity contribution in [2.45, 2.75) is 58.5 Å². The molecule has 2 aromatic rings. The minimum absolute atomic E-state index is 0.0975. The van der Waals surface area contributed by atoms with E-state index in [1.807, 2.05) is 36.2 Å². The summed E-state index contributed by atoms with van der Waals surface area (Å²) in [7, 11) is 1.95. The maximum atomic E-state index is 13.1. The molecule has 1 amide bonds. The van der Waals surface area contributed by atoms with Crippen LogP contribution in [0.4, 0.5) is 0 Å². The number of benzene rings is 2. The Kier molecular flexibility index (Phi) is 6.96. The van der Waals surface area contributed by atoms with Crippen LogP contribution >= 0.6 is 0 Å². The summed E-state index contributed by atoms with van der Waals surface area (Å²) in [6.07, 6.45) is 5.56. The van der Waals surface area contributed by atoms with Gasteiger partial charge in [-0.2, -0.15) is 0 Å². The Balaban J connectivity index is 1.36. The van der Waals surface area contributed by atoms with Crippen molar-refractivity contribution in [3.8, 4) is 5.75 Å². The number of hydrogen-bond donors (Lipinski definition) is 0. The summed E-state index contributed by atoms with van der Waals surface area (Å²) in [4.78, 5) is 17.4. The van der Waals surface area contributed by atoms with E-state index in [0.29, 0.717) is 0 Å². The van der Waals surface area contributed by atoms with Crippen molar-refractivity contribution in [2.75, 3.05) is 26.7 Å². The van der Waals surface area contributed by atoms with Crippen LogP contribution in [0.3, 0.4) is 0 Å². The van der Waals surface area contributed by atoms with Gasteiger partial charge < -0.3 is 9.64 Å². The normalized spacial score (nSPS) is 18.0. The van der Waals surface area contributed by atoms with Gasteiger partial charge >= 0.3 is 0 Å². The number of carbonyl (C=O) groups excluding carboxylic acids is 1. The molecule has 4 heteroatoms. The lowest BCUT2D eigenvalue weighted by atomic mass is 9.86. The molecule has 0 heterocycles. The van der Waals surface area contributed by atoms with Gasteiger partial charge in [0.2, 0.25) is 0 Å². The maximum absolute atomic E-state index is 13.1. The molecule has 1 atom stereocenters. The third-order valence-corrected chi connectivity index (χ3v) is 6.93. The van der Waals surface area contributed by atoms with E-state index < -0.39 is 0 Å². The summed E-state index contributed by atoms with van der Waals surface area (Å²) in [6.45, 7) is 8.41. The summed E-state index contributed by atoms with van der Waals surface area (Å²) < 4.78 is 5.80. The molecule has 1 saturated carbocycles. The Bertz CT molecular complexity index is 885. The number of ether oxygens (including phenoxy) is 1. The molecule has 0 aromatic heterocycles. The first-order valence-electron chi connectivity index (χ1n) is 11.9. The molecule has 1 fully saturated rings. The van der Waals surface area contributed by atoms with Crippen LogP contribution in [0.1, 0.15) is 60.2 Å². The van der Waals surface area contributed by atoms with E-state index in [1.54, 1.807) is 0 Å². The zero-order chi connectivity index (χ0) is 21.8. The molecule has 0 spiro atoms. The highest BCUT2D eigenvalue weighted by Gasteiger charge is 2.26. The van der Waals surface area contributed by atoms with Gasteiger partial charge in [0.15, 0.2) is 0 Å². The number of amides is 1. The van der Waals surface area contributed by atoms with E-state index in [1.165, 1.54) is 29.5 Å². The van der Waals surface area contributed by atoms with E-state index in [-0.39, 0.29) is 11.9 Å². The van der Waals surface area contributed by atoms with Gasteiger partial charge in [-0.3, -0.25) is 9.69 Å². The first-order chi connectivity index (χ1) is 15.1. The van der Waals surface area contributed by atoms with Gasteiger partial charge in [-0.15, -0.1) is 0 Å². The van der Waals surface area contributed by atoms with Crippen LogP contribution in [0.5, 0.6) is 5.75 Å². The molecule has 0 radical (unpaired) electrons. The van der Waals surface area contributed by atoms with Crippen LogP contribution in [0, 0.1) is 5.92 Å². The van der Waals surface area contributed by atoms with Crippen molar-refractivity contribution in [3.63, 3.8) is 0 Å². The highest BCUT2D eigenvalue weighted by atomic mass is 16.5. The summed E-state index contributed by atoms with van der Waals surface area (Å²) in [5, 5.41) is 0. The van der Waals surface area contributed by atoms with Crippen LogP contribution < -0.4 is 4.74 Å². The van der Waals surface area contributed by atoms with Crippen LogP contribution in [-0.4, -0.2) is 48.5 Å². The monoisotopic (exact) mass is 420 g/mol. The Morgan fingerprint density at radius 1 is 1.00 bits per heavy atom. The predicted molar refractivity (Wildman–Crippen MR) is 126 cm³/mol. The number of likely N-dealkylation sites (N-methyl/N-ethyl adjacent to an activating group) is 1. The van der Waals surface area contributed by atoms with Gasteiger partial charge in [0.25, 0.3) is 5.91 Å². The molecule has 0 N–H and O–H groups in total. The molecule has 31 heavy (non-hydrogen) atoms. The van der Waals surface area contributed by atoms with E-state index in [2.05, 4.69) is 36.9 Å². The number of fused-ring (bicyclic) bond motifs is 1. The minimum atomic E-state index is 0.0975. The van der Waals surface area contributed by atoms with Crippen molar-refractivity contribution in [2.24, 2.45) is 5.92 Å². The number of hydrogen-bond acceptors (Lipinski definition) is 3. The number of nitrogens with zero attached hydrogens (tertiary/aromatic N) is 2. The lowest BCUT2D eigenvalue weighted by molar-refractivity contribution is 0.0719. The minimum Gasteiger partial charge on any atom is -0.493 e. The van der Waals surface area contributed by atoms with Gasteiger partial charge in [0.05, 0.1) is 6.61 Å². The van der Waals surface area contributed by atoms with Crippen LogP contribution in [0.25, 0.3) is 0 Å². The smallest absolute Gasteiger partial charge is 0.253 e. The predicted octanol–water partition coefficient (Wildman–Crippen LogP) is 4.95. The molecule has 0 aliphatic heterocycles. The Labute approximate surface area is 187 Å². The van der Waals surface area contributed by atoms with Gasteiger partial charge in [-0.25, -0.2) is 0 Å². The van der Waals surface area contributed by atoms with Gasteiger partial charge in [-0.05, 0) is 92.1 Å². The van der Waals surface area contributed by atoms with Crippen molar-refractivity contribution >= 4 is 5.91 Å². The largest absolute Gasteiger partial charge is 0.493 e. The van der Waals surface area contributed by atoms with E-state index >= 15 is 0 Å². The fraction of sp³-hybridized carbons (Fsp3) is 0.519. The van der Waals surface area contributed by atoms with Gasteiger partial charge in [0.1, 0.15) is 5.75 Å². The van der Waals surface area contributed by atoms with E-state index in [9.17, 15) is 4.79 Å². The lowest BCUT2D eigenvalue weighted by Crippen LogP contribution is -2.40. The Hall–Kier alpha value is -2.33. The van der Waals surface area contributed by atoms with Crippen molar-refractivity contribution in [1.82, 2.24) is 9.80 Å². The standard InChI is InChI=1S/C27H36N2O2/c1-4-29(5-2)18-21-8-9-24-17-25(13-10-23(24)16-21)28(3)27(30)22-11-14-26(15-12-22)31-19-20-6-7-20/h8-9,11-12,14-16,20,25H,4-7,10,13,17-19H2,1-3H3/t25-/m0/s1. The summed E-state index contributed by atoms with van der Waals surface area (Å²) in [6, 6.07) is 14.8. The highest BCUT2D eigenvalue weighted by Crippen LogP contribution is 2.30. The third kappa shape index (κ3) is 5.48. The van der Waals surface area contributed by atoms with E-state index in [0.717, 1.165) is 62.7 Å². The average Bonchev–Trinajstić information content (AvgIpc) is 3.65. The fourth-order valence-electron chi connectivity index (χ4n) is 4.49. The molecule has 2 aromatic carbocycles. The molecule has 0 bridgehead atoms. The molecular formula is C27H36N2O2. The number of rotatable bonds is 9. The van der Waals surface area contributed by atoms with Crippen LogP contribution in [0.15, 0.2) is 42.5 Å². The molecule has 0 saturated heterocycles. The summed E-state index contributed by atoms with van der Waals surface area (Å²) >= 11 is 0. The fourth-order valence-corrected chi connectivity index (χ4v) is 4.49. The molecule has 4 nitrogen and oxygen atoms in total.